The molecule has 0 saturated heterocycles. The van der Waals surface area contributed by atoms with E-state index in [1.807, 2.05) is 0 Å². The highest BCUT2D eigenvalue weighted by atomic mass is 16.1. The summed E-state index contributed by atoms with van der Waals surface area (Å²) in [5, 5.41) is 0. The van der Waals surface area contributed by atoms with Gasteiger partial charge in [-0.2, -0.15) is 0 Å². The van der Waals surface area contributed by atoms with E-state index in [9.17, 15) is 4.79 Å². The third kappa shape index (κ3) is 1.15. The van der Waals surface area contributed by atoms with Crippen molar-refractivity contribution in [3.63, 3.8) is 0 Å². The van der Waals surface area contributed by atoms with E-state index in [-0.39, 0.29) is 5.91 Å². The number of aliphatic imine (C=N–C) groups is 1. The molecule has 2 nitrogen and oxygen atoms in total. The van der Waals surface area contributed by atoms with Crippen LogP contribution in [0, 0.1) is 0 Å². The van der Waals surface area contributed by atoms with Gasteiger partial charge >= 0.3 is 5.91 Å². The van der Waals surface area contributed by atoms with Crippen molar-refractivity contribution in [2.45, 2.75) is 0 Å². The summed E-state index contributed by atoms with van der Waals surface area (Å²) in [7, 11) is 0. The van der Waals surface area contributed by atoms with E-state index in [0.29, 0.717) is 0 Å². The molecule has 0 aromatic heterocycles. The van der Waals surface area contributed by atoms with Gasteiger partial charge in [-0.25, -0.2) is 4.79 Å². The molecule has 0 fully saturated rings. The summed E-state index contributed by atoms with van der Waals surface area (Å²) >= 11 is 0. The lowest BCUT2D eigenvalue weighted by Gasteiger charge is -1.57. The number of rotatable bonds is 0. The first-order valence-corrected chi connectivity index (χ1v) is 2.31. The van der Waals surface area contributed by atoms with Crippen LogP contribution in [0.2, 0.25) is 0 Å². The standard InChI is InChI=1S/C6H5NO/c8-6-4-2-1-3-5-7-6/h1-5H/q+1. The first-order chi connectivity index (χ1) is 3.89. The lowest BCUT2D eigenvalue weighted by Crippen LogP contribution is -1.98. The molecule has 8 heavy (non-hydrogen) atoms. The van der Waals surface area contributed by atoms with E-state index in [0.717, 1.165) is 0 Å². The minimum absolute atomic E-state index is 0.199. The smallest absolute Gasteiger partial charge is 0.208 e. The SMILES string of the molecule is O=C1C=CC=CC=[N+]1. The van der Waals surface area contributed by atoms with Crippen LogP contribution < -0.4 is 4.99 Å². The summed E-state index contributed by atoms with van der Waals surface area (Å²) in [6.07, 6.45) is 8.02. The molecule has 0 saturated carbocycles. The molecule has 0 unspecified atom stereocenters. The fraction of sp³-hybridized carbons (Fsp3) is 0. The van der Waals surface area contributed by atoms with Crippen molar-refractivity contribution in [2.24, 2.45) is 0 Å². The van der Waals surface area contributed by atoms with Crippen molar-refractivity contribution < 1.29 is 4.79 Å². The van der Waals surface area contributed by atoms with Crippen LogP contribution in [0.4, 0.5) is 0 Å². The van der Waals surface area contributed by atoms with Gasteiger partial charge in [-0.1, -0.05) is 12.2 Å². The zero-order valence-corrected chi connectivity index (χ0v) is 4.24. The quantitative estimate of drug-likeness (QED) is 0.430. The molecular weight excluding hydrogens is 102 g/mol. The average Bonchev–Trinajstić information content (AvgIpc) is 1.94. The Morgan fingerprint density at radius 1 is 1.25 bits per heavy atom. The third-order valence-corrected chi connectivity index (χ3v) is 0.749. The molecular formula is C6H5NO+. The normalized spacial score (nSPS) is 16.8. The molecule has 39 valence electrons. The van der Waals surface area contributed by atoms with Crippen LogP contribution in [0.15, 0.2) is 24.3 Å². The summed E-state index contributed by atoms with van der Waals surface area (Å²) in [5.41, 5.74) is 0. The van der Waals surface area contributed by atoms with Crippen LogP contribution >= 0.6 is 0 Å². The predicted octanol–water partition coefficient (Wildman–Crippen LogP) is 0.0456. The number of allylic oxidation sites excluding steroid dienone is 3. The van der Waals surface area contributed by atoms with Crippen LogP contribution in [-0.4, -0.2) is 12.1 Å². The van der Waals surface area contributed by atoms with Gasteiger partial charge in [-0.05, 0) is 0 Å². The highest BCUT2D eigenvalue weighted by Crippen LogP contribution is 1.78. The molecule has 1 aliphatic rings. The molecule has 0 atom stereocenters. The van der Waals surface area contributed by atoms with Gasteiger partial charge in [0.05, 0.1) is 6.08 Å². The van der Waals surface area contributed by atoms with Crippen LogP contribution in [0.3, 0.4) is 0 Å². The third-order valence-electron chi connectivity index (χ3n) is 0.749. The van der Waals surface area contributed by atoms with Crippen LogP contribution in [-0.2, 0) is 4.79 Å². The first-order valence-electron chi connectivity index (χ1n) is 2.31. The van der Waals surface area contributed by atoms with Crippen molar-refractivity contribution >= 4 is 12.1 Å². The van der Waals surface area contributed by atoms with Gasteiger partial charge in [0.25, 0.3) is 0 Å². The fourth-order valence-electron chi connectivity index (χ4n) is 0.411. The van der Waals surface area contributed by atoms with E-state index in [4.69, 9.17) is 0 Å². The molecule has 1 rings (SSSR count). The number of hydrogen-bond donors (Lipinski definition) is 0. The Hall–Kier alpha value is -1.18. The largest absolute Gasteiger partial charge is 0.476 e. The Morgan fingerprint density at radius 3 is 3.00 bits per heavy atom. The number of hydrogen-bond acceptors (Lipinski definition) is 1. The Labute approximate surface area is 47.2 Å². The second-order valence-corrected chi connectivity index (χ2v) is 1.36. The summed E-state index contributed by atoms with van der Waals surface area (Å²) in [4.78, 5) is 13.8. The van der Waals surface area contributed by atoms with E-state index in [1.54, 1.807) is 18.2 Å². The molecule has 1 radical (unpaired) electrons. The van der Waals surface area contributed by atoms with Gasteiger partial charge in [0.2, 0.25) is 6.21 Å². The predicted molar refractivity (Wildman–Crippen MR) is 31.5 cm³/mol. The fourth-order valence-corrected chi connectivity index (χ4v) is 0.411. The zero-order chi connectivity index (χ0) is 5.82. The molecule has 2 heteroatoms. The van der Waals surface area contributed by atoms with Crippen molar-refractivity contribution in [3.05, 3.63) is 24.3 Å². The molecule has 0 bridgehead atoms. The second-order valence-electron chi connectivity index (χ2n) is 1.36. The molecule has 0 aliphatic carbocycles. The molecule has 1 aliphatic heterocycles. The molecule has 1 amide bonds. The van der Waals surface area contributed by atoms with E-state index >= 15 is 0 Å². The Bertz CT molecular complexity index is 159. The Morgan fingerprint density at radius 2 is 2.12 bits per heavy atom. The van der Waals surface area contributed by atoms with E-state index < -0.39 is 0 Å². The van der Waals surface area contributed by atoms with Gasteiger partial charge in [-0.3, -0.25) is 0 Å². The number of carbonyl (C=O) groups excluding carboxylic acids is 1. The second kappa shape index (κ2) is 2.21. The van der Waals surface area contributed by atoms with Gasteiger partial charge < -0.3 is 0 Å². The summed E-state index contributed by atoms with van der Waals surface area (Å²) in [5.74, 6) is -0.199. The van der Waals surface area contributed by atoms with Gasteiger partial charge in [0.15, 0.2) is 0 Å². The topological polar surface area (TPSA) is 31.2 Å². The monoisotopic (exact) mass is 107 g/mol. The van der Waals surface area contributed by atoms with Crippen molar-refractivity contribution in [1.29, 1.82) is 0 Å². The molecule has 0 aromatic carbocycles. The zero-order valence-electron chi connectivity index (χ0n) is 4.24. The first kappa shape index (κ1) is 4.97. The van der Waals surface area contributed by atoms with Crippen molar-refractivity contribution in [3.8, 4) is 0 Å². The van der Waals surface area contributed by atoms with E-state index in [1.165, 1.54) is 12.3 Å². The van der Waals surface area contributed by atoms with Gasteiger partial charge in [-0.15, -0.1) is 0 Å². The van der Waals surface area contributed by atoms with Crippen LogP contribution in [0.25, 0.3) is 0 Å². The Kier molecular flexibility index (Phi) is 1.37. The van der Waals surface area contributed by atoms with E-state index in [2.05, 4.69) is 4.99 Å². The molecule has 0 aromatic rings. The number of carbonyl (C=O) groups is 1. The highest BCUT2D eigenvalue weighted by molar-refractivity contribution is 5.94. The summed E-state index contributed by atoms with van der Waals surface area (Å²) in [6, 6.07) is 0. The minimum Gasteiger partial charge on any atom is -0.208 e. The highest BCUT2D eigenvalue weighted by Gasteiger charge is 2.03. The van der Waals surface area contributed by atoms with Crippen LogP contribution in [0.5, 0.6) is 0 Å². The number of amides is 1. The molecule has 0 spiro atoms. The van der Waals surface area contributed by atoms with Gasteiger partial charge in [0.1, 0.15) is 4.99 Å². The number of nitrogens with zero attached hydrogens (tertiary/aromatic N) is 1. The summed E-state index contributed by atoms with van der Waals surface area (Å²) in [6.45, 7) is 0. The molecule has 0 N–H and O–H groups in total. The average molecular weight is 107 g/mol. The lowest BCUT2D eigenvalue weighted by molar-refractivity contribution is -0.114. The summed E-state index contributed by atoms with van der Waals surface area (Å²) < 4.78 is 0. The molecule has 1 heterocycles. The maximum Gasteiger partial charge on any atom is 0.476 e. The van der Waals surface area contributed by atoms with Crippen LogP contribution in [0.1, 0.15) is 0 Å². The van der Waals surface area contributed by atoms with Crippen molar-refractivity contribution in [1.82, 2.24) is 4.99 Å². The van der Waals surface area contributed by atoms with Crippen molar-refractivity contribution in [2.75, 3.05) is 0 Å². The Balaban J connectivity index is 2.81. The maximum absolute atomic E-state index is 10.4. The maximum atomic E-state index is 10.4. The minimum atomic E-state index is -0.199. The lowest BCUT2D eigenvalue weighted by atomic mass is 10.4. The van der Waals surface area contributed by atoms with Gasteiger partial charge in [0, 0.05) is 6.08 Å².